The second-order valence-electron chi connectivity index (χ2n) is 6.94. The number of hydrogen-bond acceptors (Lipinski definition) is 4. The monoisotopic (exact) mass is 505 g/mol. The molecule has 6 nitrogen and oxygen atoms in total. The summed E-state index contributed by atoms with van der Waals surface area (Å²) in [6.45, 7) is 5.35. The van der Waals surface area contributed by atoms with E-state index in [0.717, 1.165) is 30.2 Å². The smallest absolute Gasteiger partial charge is 0.261 e. The average molecular weight is 506 g/mol. The Kier molecular flexibility index (Phi) is 10.5. The number of nitrogens with one attached hydrogen (secondary N) is 3. The minimum Gasteiger partial charge on any atom is -0.493 e. The molecule has 0 aliphatic heterocycles. The second-order valence-corrected chi connectivity index (χ2v) is 8.26. The number of benzene rings is 2. The van der Waals surface area contributed by atoms with Crippen LogP contribution >= 0.6 is 28.1 Å². The number of unbranched alkanes of at least 4 members (excludes halogenated alkanes) is 2. The Bertz CT molecular complexity index is 903. The van der Waals surface area contributed by atoms with Gasteiger partial charge in [-0.15, -0.1) is 0 Å². The molecule has 0 bridgehead atoms. The largest absolute Gasteiger partial charge is 0.493 e. The van der Waals surface area contributed by atoms with Crippen LogP contribution in [-0.2, 0) is 0 Å². The third-order valence-corrected chi connectivity index (χ3v) is 5.09. The van der Waals surface area contributed by atoms with E-state index in [1.54, 1.807) is 36.4 Å². The van der Waals surface area contributed by atoms with Gasteiger partial charge in [0, 0.05) is 22.3 Å². The molecular weight excluding hydrogens is 478 g/mol. The molecule has 8 heteroatoms. The van der Waals surface area contributed by atoms with Gasteiger partial charge in [-0.2, -0.15) is 0 Å². The van der Waals surface area contributed by atoms with Crippen molar-refractivity contribution < 1.29 is 14.3 Å². The van der Waals surface area contributed by atoms with Gasteiger partial charge in [-0.3, -0.25) is 14.9 Å². The van der Waals surface area contributed by atoms with Crippen LogP contribution in [-0.4, -0.2) is 30.1 Å². The number of thiocarbonyl (C=S) groups is 1. The second kappa shape index (κ2) is 13.1. The Morgan fingerprint density at radius 3 is 2.39 bits per heavy atom. The van der Waals surface area contributed by atoms with Gasteiger partial charge in [0.1, 0.15) is 5.75 Å². The Morgan fingerprint density at radius 1 is 1.00 bits per heavy atom. The van der Waals surface area contributed by atoms with Crippen molar-refractivity contribution >= 4 is 50.8 Å². The molecular formula is C23H28BrN3O3S. The summed E-state index contributed by atoms with van der Waals surface area (Å²) in [5, 5.41) is 8.67. The Morgan fingerprint density at radius 2 is 1.71 bits per heavy atom. The summed E-state index contributed by atoms with van der Waals surface area (Å²) in [5.41, 5.74) is 1.64. The normalized spacial score (nSPS) is 10.3. The molecule has 0 unspecified atom stereocenters. The Balaban J connectivity index is 1.96. The molecule has 31 heavy (non-hydrogen) atoms. The zero-order chi connectivity index (χ0) is 22.6. The van der Waals surface area contributed by atoms with Crippen LogP contribution in [0.2, 0.25) is 0 Å². The van der Waals surface area contributed by atoms with Gasteiger partial charge in [0.15, 0.2) is 5.11 Å². The van der Waals surface area contributed by atoms with Gasteiger partial charge in [0.25, 0.3) is 11.8 Å². The van der Waals surface area contributed by atoms with Crippen LogP contribution in [0.15, 0.2) is 46.9 Å². The number of amides is 2. The highest BCUT2D eigenvalue weighted by Crippen LogP contribution is 2.23. The van der Waals surface area contributed by atoms with E-state index in [1.807, 2.05) is 6.07 Å². The van der Waals surface area contributed by atoms with Crippen LogP contribution < -0.4 is 20.7 Å². The lowest BCUT2D eigenvalue weighted by Crippen LogP contribution is -2.34. The first-order valence-electron chi connectivity index (χ1n) is 10.4. The molecule has 0 atom stereocenters. The van der Waals surface area contributed by atoms with Crippen LogP contribution in [0.3, 0.4) is 0 Å². The van der Waals surface area contributed by atoms with E-state index in [9.17, 15) is 9.59 Å². The first kappa shape index (κ1) is 24.8. The molecule has 0 saturated heterocycles. The van der Waals surface area contributed by atoms with Crippen LogP contribution in [0.25, 0.3) is 0 Å². The molecule has 2 aromatic rings. The minimum absolute atomic E-state index is 0.110. The molecule has 2 rings (SSSR count). The van der Waals surface area contributed by atoms with Crippen molar-refractivity contribution in [3.8, 4) is 5.75 Å². The summed E-state index contributed by atoms with van der Waals surface area (Å²) >= 11 is 8.66. The molecule has 2 aromatic carbocycles. The number of carbonyl (C=O) groups is 2. The SMILES string of the molecule is CCCCNC(=O)c1ccc(NC(=S)NC(=O)c2cc(Br)ccc2OCCCC)cc1. The van der Waals surface area contributed by atoms with Crippen LogP contribution in [0.1, 0.15) is 60.2 Å². The van der Waals surface area contributed by atoms with Crippen LogP contribution in [0, 0.1) is 0 Å². The van der Waals surface area contributed by atoms with E-state index in [-0.39, 0.29) is 16.9 Å². The topological polar surface area (TPSA) is 79.5 Å². The fourth-order valence-electron chi connectivity index (χ4n) is 2.65. The predicted octanol–water partition coefficient (Wildman–Crippen LogP) is 5.28. The molecule has 3 N–H and O–H groups in total. The molecule has 0 aliphatic carbocycles. The van der Waals surface area contributed by atoms with Crippen molar-refractivity contribution in [2.24, 2.45) is 0 Å². The molecule has 0 spiro atoms. The highest BCUT2D eigenvalue weighted by Gasteiger charge is 2.15. The lowest BCUT2D eigenvalue weighted by Gasteiger charge is -2.13. The quantitative estimate of drug-likeness (QED) is 0.302. The number of carbonyl (C=O) groups excluding carboxylic acids is 2. The number of rotatable bonds is 10. The number of anilines is 1. The summed E-state index contributed by atoms with van der Waals surface area (Å²) in [6.07, 6.45) is 3.89. The van der Waals surface area contributed by atoms with E-state index in [1.165, 1.54) is 0 Å². The first-order valence-corrected chi connectivity index (χ1v) is 11.6. The van der Waals surface area contributed by atoms with E-state index >= 15 is 0 Å². The van der Waals surface area contributed by atoms with Gasteiger partial charge in [-0.1, -0.05) is 42.6 Å². The van der Waals surface area contributed by atoms with Gasteiger partial charge in [-0.25, -0.2) is 0 Å². The van der Waals surface area contributed by atoms with Crippen molar-refractivity contribution in [1.29, 1.82) is 0 Å². The molecule has 0 fully saturated rings. The van der Waals surface area contributed by atoms with Crippen molar-refractivity contribution in [2.75, 3.05) is 18.5 Å². The predicted molar refractivity (Wildman–Crippen MR) is 132 cm³/mol. The summed E-state index contributed by atoms with van der Waals surface area (Å²) in [5.74, 6) is 0.0359. The van der Waals surface area contributed by atoms with Crippen LogP contribution in [0.5, 0.6) is 5.75 Å². The zero-order valence-electron chi connectivity index (χ0n) is 17.8. The third-order valence-electron chi connectivity index (χ3n) is 4.39. The zero-order valence-corrected chi connectivity index (χ0v) is 20.2. The molecule has 0 heterocycles. The average Bonchev–Trinajstić information content (AvgIpc) is 2.75. The maximum atomic E-state index is 12.7. The fraction of sp³-hybridized carbons (Fsp3) is 0.348. The molecule has 0 aliphatic rings. The molecule has 0 aromatic heterocycles. The minimum atomic E-state index is -0.364. The van der Waals surface area contributed by atoms with Crippen molar-refractivity contribution in [3.63, 3.8) is 0 Å². The molecule has 2 amide bonds. The van der Waals surface area contributed by atoms with E-state index in [2.05, 4.69) is 45.7 Å². The van der Waals surface area contributed by atoms with Gasteiger partial charge in [-0.05, 0) is 67.5 Å². The Labute approximate surface area is 197 Å². The third kappa shape index (κ3) is 8.30. The lowest BCUT2D eigenvalue weighted by atomic mass is 10.2. The maximum Gasteiger partial charge on any atom is 0.261 e. The van der Waals surface area contributed by atoms with Crippen molar-refractivity contribution in [3.05, 3.63) is 58.1 Å². The van der Waals surface area contributed by atoms with Gasteiger partial charge in [0.05, 0.1) is 12.2 Å². The number of halogens is 1. The lowest BCUT2D eigenvalue weighted by molar-refractivity contribution is 0.0950. The summed E-state index contributed by atoms with van der Waals surface area (Å²) in [4.78, 5) is 24.8. The van der Waals surface area contributed by atoms with Crippen molar-refractivity contribution in [2.45, 2.75) is 39.5 Å². The van der Waals surface area contributed by atoms with Crippen LogP contribution in [0.4, 0.5) is 5.69 Å². The van der Waals surface area contributed by atoms with Crippen molar-refractivity contribution in [1.82, 2.24) is 10.6 Å². The van der Waals surface area contributed by atoms with E-state index < -0.39 is 0 Å². The molecule has 0 radical (unpaired) electrons. The Hall–Kier alpha value is -2.45. The molecule has 166 valence electrons. The first-order chi connectivity index (χ1) is 14.9. The summed E-state index contributed by atoms with van der Waals surface area (Å²) in [7, 11) is 0. The van der Waals surface area contributed by atoms with E-state index in [4.69, 9.17) is 17.0 Å². The summed E-state index contributed by atoms with van der Waals surface area (Å²) < 4.78 is 6.51. The van der Waals surface area contributed by atoms with Gasteiger partial charge in [0.2, 0.25) is 0 Å². The number of hydrogen-bond donors (Lipinski definition) is 3. The molecule has 0 saturated carbocycles. The van der Waals surface area contributed by atoms with E-state index in [0.29, 0.717) is 35.7 Å². The fourth-order valence-corrected chi connectivity index (χ4v) is 3.22. The highest BCUT2D eigenvalue weighted by atomic mass is 79.9. The summed E-state index contributed by atoms with van der Waals surface area (Å²) in [6, 6.07) is 12.2. The highest BCUT2D eigenvalue weighted by molar-refractivity contribution is 9.10. The van der Waals surface area contributed by atoms with Gasteiger partial charge < -0.3 is 15.4 Å². The standard InChI is InChI=1S/C23H28BrN3O3S/c1-3-5-13-25-21(28)16-7-10-18(11-8-16)26-23(31)27-22(29)19-15-17(24)9-12-20(19)30-14-6-4-2/h7-12,15H,3-6,13-14H2,1-2H3,(H,25,28)(H2,26,27,29,31). The maximum absolute atomic E-state index is 12.7. The number of ether oxygens (including phenoxy) is 1. The van der Waals surface area contributed by atoms with Gasteiger partial charge >= 0.3 is 0 Å².